The zero-order valence-corrected chi connectivity index (χ0v) is 18.4. The van der Waals surface area contributed by atoms with Crippen LogP contribution in [-0.2, 0) is 22.5 Å². The van der Waals surface area contributed by atoms with Gasteiger partial charge in [0.05, 0.1) is 25.3 Å². The van der Waals surface area contributed by atoms with Gasteiger partial charge in [-0.3, -0.25) is 9.69 Å². The summed E-state index contributed by atoms with van der Waals surface area (Å²) < 4.78 is 5.43. The third-order valence-electron chi connectivity index (χ3n) is 5.12. The lowest BCUT2D eigenvalue weighted by Crippen LogP contribution is -2.35. The zero-order valence-electron chi connectivity index (χ0n) is 16.9. The standard InChI is InChI=1S/C23H24ClN3O2S/c1-16-20(24)6-3-7-21(16)26-22(28)13-19-15-30-23(25-19)18-5-2-4-17(12-18)14-27-8-10-29-11-9-27/h2-7,12,15H,8-11,13-14H2,1H3,(H,26,28). The molecule has 2 aromatic carbocycles. The Morgan fingerprint density at radius 3 is 2.87 bits per heavy atom. The normalized spacial score (nSPS) is 14.6. The molecule has 0 radical (unpaired) electrons. The molecule has 0 unspecified atom stereocenters. The lowest BCUT2D eigenvalue weighted by atomic mass is 10.1. The van der Waals surface area contributed by atoms with Gasteiger partial charge in [0.2, 0.25) is 5.91 Å². The van der Waals surface area contributed by atoms with Gasteiger partial charge in [0.25, 0.3) is 0 Å². The molecule has 156 valence electrons. The minimum Gasteiger partial charge on any atom is -0.379 e. The highest BCUT2D eigenvalue weighted by Crippen LogP contribution is 2.26. The fourth-order valence-electron chi connectivity index (χ4n) is 3.44. The van der Waals surface area contributed by atoms with Gasteiger partial charge in [-0.1, -0.05) is 35.9 Å². The van der Waals surface area contributed by atoms with E-state index in [-0.39, 0.29) is 12.3 Å². The summed E-state index contributed by atoms with van der Waals surface area (Å²) in [6.45, 7) is 6.33. The number of ether oxygens (including phenoxy) is 1. The van der Waals surface area contributed by atoms with E-state index in [0.717, 1.165) is 60.4 Å². The van der Waals surface area contributed by atoms with Crippen LogP contribution in [0, 0.1) is 6.92 Å². The van der Waals surface area contributed by atoms with E-state index in [2.05, 4.69) is 39.5 Å². The monoisotopic (exact) mass is 441 g/mol. The van der Waals surface area contributed by atoms with Gasteiger partial charge in [-0.25, -0.2) is 4.98 Å². The molecule has 7 heteroatoms. The lowest BCUT2D eigenvalue weighted by molar-refractivity contribution is -0.115. The Hall–Kier alpha value is -2.25. The van der Waals surface area contributed by atoms with E-state index in [1.54, 1.807) is 11.3 Å². The minimum atomic E-state index is -0.0988. The van der Waals surface area contributed by atoms with Gasteiger partial charge in [0.1, 0.15) is 5.01 Å². The summed E-state index contributed by atoms with van der Waals surface area (Å²) in [5, 5.41) is 6.45. The van der Waals surface area contributed by atoms with Crippen molar-refractivity contribution < 1.29 is 9.53 Å². The van der Waals surface area contributed by atoms with Crippen LogP contribution in [0.25, 0.3) is 10.6 Å². The molecule has 0 spiro atoms. The average molecular weight is 442 g/mol. The van der Waals surface area contributed by atoms with Crippen LogP contribution in [0.4, 0.5) is 5.69 Å². The third-order valence-corrected chi connectivity index (χ3v) is 6.47. The highest BCUT2D eigenvalue weighted by atomic mass is 35.5. The number of thiazole rings is 1. The number of anilines is 1. The van der Waals surface area contributed by atoms with Crippen LogP contribution in [-0.4, -0.2) is 42.1 Å². The molecule has 30 heavy (non-hydrogen) atoms. The summed E-state index contributed by atoms with van der Waals surface area (Å²) in [5.41, 5.74) is 4.72. The summed E-state index contributed by atoms with van der Waals surface area (Å²) in [4.78, 5) is 19.6. The van der Waals surface area contributed by atoms with Crippen LogP contribution in [0.2, 0.25) is 5.02 Å². The number of nitrogens with zero attached hydrogens (tertiary/aromatic N) is 2. The molecule has 3 aromatic rings. The summed E-state index contributed by atoms with van der Waals surface area (Å²) >= 11 is 7.70. The molecule has 0 bridgehead atoms. The Morgan fingerprint density at radius 2 is 2.03 bits per heavy atom. The number of nitrogens with one attached hydrogen (secondary N) is 1. The van der Waals surface area contributed by atoms with Crippen molar-refractivity contribution in [3.05, 3.63) is 69.7 Å². The van der Waals surface area contributed by atoms with Crippen LogP contribution in [0.15, 0.2) is 47.8 Å². The molecular formula is C23H24ClN3O2S. The Morgan fingerprint density at radius 1 is 1.23 bits per heavy atom. The largest absolute Gasteiger partial charge is 0.379 e. The van der Waals surface area contributed by atoms with E-state index in [1.807, 2.05) is 30.5 Å². The van der Waals surface area contributed by atoms with Crippen molar-refractivity contribution in [1.82, 2.24) is 9.88 Å². The van der Waals surface area contributed by atoms with E-state index in [1.165, 1.54) is 5.56 Å². The number of carbonyl (C=O) groups excluding carboxylic acids is 1. The molecule has 1 aliphatic heterocycles. The molecule has 1 aliphatic rings. The van der Waals surface area contributed by atoms with Gasteiger partial charge in [-0.05, 0) is 36.2 Å². The summed E-state index contributed by atoms with van der Waals surface area (Å²) in [5.74, 6) is -0.0988. The number of hydrogen-bond donors (Lipinski definition) is 1. The van der Waals surface area contributed by atoms with Crippen molar-refractivity contribution in [3.8, 4) is 10.6 Å². The molecule has 1 amide bonds. The highest BCUT2D eigenvalue weighted by molar-refractivity contribution is 7.13. The maximum atomic E-state index is 12.5. The van der Waals surface area contributed by atoms with E-state index in [0.29, 0.717) is 5.02 Å². The Labute approximate surface area is 185 Å². The fourth-order valence-corrected chi connectivity index (χ4v) is 4.43. The van der Waals surface area contributed by atoms with Crippen molar-refractivity contribution >= 4 is 34.5 Å². The second-order valence-electron chi connectivity index (χ2n) is 7.37. The van der Waals surface area contributed by atoms with Crippen LogP contribution < -0.4 is 5.32 Å². The van der Waals surface area contributed by atoms with Crippen LogP contribution >= 0.6 is 22.9 Å². The molecule has 0 saturated carbocycles. The maximum Gasteiger partial charge on any atom is 0.230 e. The Kier molecular flexibility index (Phi) is 6.79. The van der Waals surface area contributed by atoms with Gasteiger partial charge in [-0.15, -0.1) is 11.3 Å². The van der Waals surface area contributed by atoms with Gasteiger partial charge in [-0.2, -0.15) is 0 Å². The van der Waals surface area contributed by atoms with Gasteiger partial charge < -0.3 is 10.1 Å². The molecule has 1 saturated heterocycles. The first-order valence-corrected chi connectivity index (χ1v) is 11.2. The molecule has 0 aliphatic carbocycles. The third kappa shape index (κ3) is 5.26. The average Bonchev–Trinajstić information content (AvgIpc) is 3.21. The molecule has 1 N–H and O–H groups in total. The number of rotatable bonds is 6. The molecule has 5 nitrogen and oxygen atoms in total. The first-order chi connectivity index (χ1) is 14.6. The predicted octanol–water partition coefficient (Wildman–Crippen LogP) is 4.79. The summed E-state index contributed by atoms with van der Waals surface area (Å²) in [6, 6.07) is 14.0. The van der Waals surface area contributed by atoms with E-state index in [9.17, 15) is 4.79 Å². The fraction of sp³-hybridized carbons (Fsp3) is 0.304. The van der Waals surface area contributed by atoms with E-state index >= 15 is 0 Å². The molecule has 4 rings (SSSR count). The molecule has 0 atom stereocenters. The van der Waals surface area contributed by atoms with Crippen molar-refractivity contribution in [2.75, 3.05) is 31.6 Å². The number of benzene rings is 2. The number of hydrogen-bond acceptors (Lipinski definition) is 5. The van der Waals surface area contributed by atoms with Crippen LogP contribution in [0.3, 0.4) is 0 Å². The highest BCUT2D eigenvalue weighted by Gasteiger charge is 2.13. The molecule has 1 aromatic heterocycles. The quantitative estimate of drug-likeness (QED) is 0.597. The summed E-state index contributed by atoms with van der Waals surface area (Å²) in [7, 11) is 0. The van der Waals surface area contributed by atoms with Crippen molar-refractivity contribution in [3.63, 3.8) is 0 Å². The van der Waals surface area contributed by atoms with Crippen LogP contribution in [0.1, 0.15) is 16.8 Å². The smallest absolute Gasteiger partial charge is 0.230 e. The second-order valence-corrected chi connectivity index (χ2v) is 8.64. The first kappa shape index (κ1) is 21.0. The maximum absolute atomic E-state index is 12.5. The molecule has 1 fully saturated rings. The number of morpholine rings is 1. The van der Waals surface area contributed by atoms with E-state index in [4.69, 9.17) is 16.3 Å². The number of aromatic nitrogens is 1. The lowest BCUT2D eigenvalue weighted by Gasteiger charge is -2.26. The van der Waals surface area contributed by atoms with Gasteiger partial charge in [0.15, 0.2) is 0 Å². The Bertz CT molecular complexity index is 1030. The zero-order chi connectivity index (χ0) is 20.9. The van der Waals surface area contributed by atoms with Crippen molar-refractivity contribution in [2.24, 2.45) is 0 Å². The van der Waals surface area contributed by atoms with E-state index < -0.39 is 0 Å². The Balaban J connectivity index is 1.40. The number of halogens is 1. The molecule has 2 heterocycles. The van der Waals surface area contributed by atoms with Crippen molar-refractivity contribution in [1.29, 1.82) is 0 Å². The predicted molar refractivity (Wildman–Crippen MR) is 122 cm³/mol. The summed E-state index contributed by atoms with van der Waals surface area (Å²) in [6.07, 6.45) is 0.232. The minimum absolute atomic E-state index is 0.0988. The number of amides is 1. The SMILES string of the molecule is Cc1c(Cl)cccc1NC(=O)Cc1csc(-c2cccc(CN3CCOCC3)c2)n1. The second kappa shape index (κ2) is 9.71. The van der Waals surface area contributed by atoms with Gasteiger partial charge in [0, 0.05) is 41.3 Å². The van der Waals surface area contributed by atoms with Gasteiger partial charge >= 0.3 is 0 Å². The van der Waals surface area contributed by atoms with Crippen LogP contribution in [0.5, 0.6) is 0 Å². The first-order valence-electron chi connectivity index (χ1n) is 9.97. The molecular weight excluding hydrogens is 418 g/mol. The van der Waals surface area contributed by atoms with Crippen molar-refractivity contribution in [2.45, 2.75) is 19.9 Å². The number of carbonyl (C=O) groups is 1. The topological polar surface area (TPSA) is 54.5 Å².